The summed E-state index contributed by atoms with van der Waals surface area (Å²) in [5.41, 5.74) is 0.125. The third-order valence-electron chi connectivity index (χ3n) is 4.35. The van der Waals surface area contributed by atoms with Crippen LogP contribution in [0.25, 0.3) is 22.3 Å². The molecule has 30 heavy (non-hydrogen) atoms. The highest BCUT2D eigenvalue weighted by molar-refractivity contribution is 6.01. The first kappa shape index (κ1) is 20.2. The van der Waals surface area contributed by atoms with Crippen LogP contribution in [0.4, 0.5) is 0 Å². The number of hydrogen-bond acceptors (Lipinski definition) is 5. The number of carboxylic acid groups (broad SMARTS) is 4. The Bertz CT molecular complexity index is 1120. The molecule has 9 nitrogen and oxygen atoms in total. The number of aromatic nitrogens is 1. The quantitative estimate of drug-likeness (QED) is 0.480. The standard InChI is InChI=1S/C21H13NO8/c23-18(24)10-1-3-14(16(6-10)20(27)28)12-5-13(9-22-8-12)15-4-2-11(19(25)26)7-17(15)21(29)30/h1-9H,(H,23,24)(H,25,26)(H,27,28)(H,29,30). The molecule has 0 amide bonds. The Balaban J connectivity index is 2.17. The lowest BCUT2D eigenvalue weighted by molar-refractivity contribution is 0.0677. The molecule has 150 valence electrons. The predicted molar refractivity (Wildman–Crippen MR) is 103 cm³/mol. The molecule has 0 fully saturated rings. The van der Waals surface area contributed by atoms with Gasteiger partial charge in [0.2, 0.25) is 0 Å². The molecular weight excluding hydrogens is 394 g/mol. The molecule has 4 N–H and O–H groups in total. The average Bonchev–Trinajstić information content (AvgIpc) is 2.72. The highest BCUT2D eigenvalue weighted by Crippen LogP contribution is 2.30. The highest BCUT2D eigenvalue weighted by atomic mass is 16.4. The molecule has 0 radical (unpaired) electrons. The molecule has 1 heterocycles. The zero-order chi connectivity index (χ0) is 22.0. The van der Waals surface area contributed by atoms with Crippen LogP contribution < -0.4 is 0 Å². The summed E-state index contributed by atoms with van der Waals surface area (Å²) in [6.45, 7) is 0. The van der Waals surface area contributed by atoms with Crippen LogP contribution in [0.5, 0.6) is 0 Å². The molecule has 3 rings (SSSR count). The molecule has 0 atom stereocenters. The summed E-state index contributed by atoms with van der Waals surface area (Å²) in [6, 6.07) is 8.71. The minimum absolute atomic E-state index is 0.195. The van der Waals surface area contributed by atoms with Gasteiger partial charge in [0.25, 0.3) is 0 Å². The van der Waals surface area contributed by atoms with Crippen LogP contribution in [0.1, 0.15) is 41.4 Å². The minimum atomic E-state index is -1.34. The predicted octanol–water partition coefficient (Wildman–Crippen LogP) is 3.21. The Morgan fingerprint density at radius 3 is 1.30 bits per heavy atom. The fraction of sp³-hybridized carbons (Fsp3) is 0. The van der Waals surface area contributed by atoms with Gasteiger partial charge in [-0.25, -0.2) is 19.2 Å². The number of rotatable bonds is 6. The second-order valence-corrected chi connectivity index (χ2v) is 6.20. The largest absolute Gasteiger partial charge is 0.478 e. The van der Waals surface area contributed by atoms with Crippen molar-refractivity contribution in [2.24, 2.45) is 0 Å². The molecular formula is C21H13NO8. The van der Waals surface area contributed by atoms with Crippen LogP contribution in [-0.4, -0.2) is 49.3 Å². The van der Waals surface area contributed by atoms with Crippen LogP contribution in [0.2, 0.25) is 0 Å². The third-order valence-corrected chi connectivity index (χ3v) is 4.35. The second-order valence-electron chi connectivity index (χ2n) is 6.20. The smallest absolute Gasteiger partial charge is 0.336 e. The van der Waals surface area contributed by atoms with Gasteiger partial charge in [0.15, 0.2) is 0 Å². The fourth-order valence-corrected chi connectivity index (χ4v) is 2.95. The summed E-state index contributed by atoms with van der Waals surface area (Å²) >= 11 is 0. The molecule has 0 unspecified atom stereocenters. The molecule has 0 aliphatic carbocycles. The van der Waals surface area contributed by atoms with Crippen molar-refractivity contribution in [1.29, 1.82) is 0 Å². The maximum absolute atomic E-state index is 11.6. The molecule has 0 bridgehead atoms. The lowest BCUT2D eigenvalue weighted by Gasteiger charge is -2.11. The van der Waals surface area contributed by atoms with Gasteiger partial charge in [-0.1, -0.05) is 12.1 Å². The summed E-state index contributed by atoms with van der Waals surface area (Å²) in [6.07, 6.45) is 2.72. The van der Waals surface area contributed by atoms with E-state index in [0.29, 0.717) is 11.1 Å². The fourth-order valence-electron chi connectivity index (χ4n) is 2.95. The van der Waals surface area contributed by atoms with E-state index in [1.807, 2.05) is 0 Å². The first-order chi connectivity index (χ1) is 14.2. The van der Waals surface area contributed by atoms with Gasteiger partial charge in [-0.2, -0.15) is 0 Å². The molecule has 0 spiro atoms. The molecule has 0 saturated heterocycles. The third kappa shape index (κ3) is 3.85. The van der Waals surface area contributed by atoms with Gasteiger partial charge in [-0.3, -0.25) is 4.98 Å². The zero-order valence-electron chi connectivity index (χ0n) is 15.1. The van der Waals surface area contributed by atoms with E-state index < -0.39 is 23.9 Å². The van der Waals surface area contributed by atoms with Crippen LogP contribution >= 0.6 is 0 Å². The number of aromatic carboxylic acids is 4. The van der Waals surface area contributed by atoms with Crippen molar-refractivity contribution in [2.75, 3.05) is 0 Å². The van der Waals surface area contributed by atoms with Gasteiger partial charge in [0.1, 0.15) is 0 Å². The van der Waals surface area contributed by atoms with Gasteiger partial charge in [-0.05, 0) is 41.5 Å². The molecule has 9 heteroatoms. The van der Waals surface area contributed by atoms with Gasteiger partial charge in [-0.15, -0.1) is 0 Å². The summed E-state index contributed by atoms with van der Waals surface area (Å²) in [7, 11) is 0. The number of pyridine rings is 1. The molecule has 0 saturated carbocycles. The SMILES string of the molecule is O=C(O)c1ccc(-c2cncc(-c3ccc(C(=O)O)cc3C(=O)O)c2)c(C(=O)O)c1. The van der Waals surface area contributed by atoms with Crippen molar-refractivity contribution in [1.82, 2.24) is 4.98 Å². The second kappa shape index (κ2) is 7.84. The van der Waals surface area contributed by atoms with Crippen molar-refractivity contribution in [2.45, 2.75) is 0 Å². The monoisotopic (exact) mass is 407 g/mol. The maximum atomic E-state index is 11.6. The summed E-state index contributed by atoms with van der Waals surface area (Å²) in [5.74, 6) is -5.23. The maximum Gasteiger partial charge on any atom is 0.336 e. The van der Waals surface area contributed by atoms with Crippen molar-refractivity contribution in [3.05, 3.63) is 77.1 Å². The molecule has 0 aliphatic heterocycles. The Kier molecular flexibility index (Phi) is 5.28. The number of carbonyl (C=O) groups is 4. The molecule has 0 aliphatic rings. The van der Waals surface area contributed by atoms with Crippen LogP contribution in [0, 0.1) is 0 Å². The Morgan fingerprint density at radius 1 is 0.567 bits per heavy atom. The molecule has 1 aromatic heterocycles. The Labute approximate surface area is 168 Å². The lowest BCUT2D eigenvalue weighted by atomic mass is 9.94. The lowest BCUT2D eigenvalue weighted by Crippen LogP contribution is -2.05. The van der Waals surface area contributed by atoms with Gasteiger partial charge >= 0.3 is 23.9 Å². The zero-order valence-corrected chi connectivity index (χ0v) is 15.1. The summed E-state index contributed by atoms with van der Waals surface area (Å²) in [5, 5.41) is 37.1. The van der Waals surface area contributed by atoms with E-state index in [0.717, 1.165) is 12.1 Å². The normalized spacial score (nSPS) is 10.4. The Morgan fingerprint density at radius 2 is 0.967 bits per heavy atom. The van der Waals surface area contributed by atoms with Crippen molar-refractivity contribution >= 4 is 23.9 Å². The highest BCUT2D eigenvalue weighted by Gasteiger charge is 2.18. The first-order valence-corrected chi connectivity index (χ1v) is 8.36. The van der Waals surface area contributed by atoms with Crippen molar-refractivity contribution < 1.29 is 39.6 Å². The topological polar surface area (TPSA) is 162 Å². The number of hydrogen-bond donors (Lipinski definition) is 4. The van der Waals surface area contributed by atoms with E-state index in [1.54, 1.807) is 0 Å². The van der Waals surface area contributed by atoms with Crippen LogP contribution in [0.3, 0.4) is 0 Å². The number of carboxylic acids is 4. The van der Waals surface area contributed by atoms with E-state index in [-0.39, 0.29) is 33.4 Å². The van der Waals surface area contributed by atoms with E-state index in [4.69, 9.17) is 10.2 Å². The number of nitrogens with zero attached hydrogens (tertiary/aromatic N) is 1. The van der Waals surface area contributed by atoms with Gasteiger partial charge < -0.3 is 20.4 Å². The van der Waals surface area contributed by atoms with Crippen LogP contribution in [0.15, 0.2) is 54.9 Å². The van der Waals surface area contributed by atoms with E-state index in [1.165, 1.54) is 42.7 Å². The minimum Gasteiger partial charge on any atom is -0.478 e. The average molecular weight is 407 g/mol. The first-order valence-electron chi connectivity index (χ1n) is 8.36. The van der Waals surface area contributed by atoms with Gasteiger partial charge in [0.05, 0.1) is 22.3 Å². The number of benzene rings is 2. The molecule has 2 aromatic carbocycles. The van der Waals surface area contributed by atoms with Crippen molar-refractivity contribution in [3.8, 4) is 22.3 Å². The van der Waals surface area contributed by atoms with Gasteiger partial charge in [0, 0.05) is 23.5 Å². The van der Waals surface area contributed by atoms with E-state index >= 15 is 0 Å². The Hall–Kier alpha value is -4.53. The van der Waals surface area contributed by atoms with E-state index in [9.17, 15) is 29.4 Å². The molecule has 3 aromatic rings. The van der Waals surface area contributed by atoms with Crippen molar-refractivity contribution in [3.63, 3.8) is 0 Å². The summed E-state index contributed by atoms with van der Waals surface area (Å²) in [4.78, 5) is 49.6. The summed E-state index contributed by atoms with van der Waals surface area (Å²) < 4.78 is 0. The van der Waals surface area contributed by atoms with E-state index in [2.05, 4.69) is 4.98 Å². The van der Waals surface area contributed by atoms with Crippen LogP contribution in [-0.2, 0) is 0 Å².